The summed E-state index contributed by atoms with van der Waals surface area (Å²) in [7, 11) is 0. The minimum absolute atomic E-state index is 0.531. The number of H-pyrrole nitrogens is 1. The number of aliphatic hydroxyl groups excluding tert-OH is 1. The van der Waals surface area contributed by atoms with Crippen molar-refractivity contribution in [3.8, 4) is 10.7 Å². The zero-order valence-corrected chi connectivity index (χ0v) is 7.75. The first-order valence-electron chi connectivity index (χ1n) is 3.77. The molecule has 0 fully saturated rings. The Morgan fingerprint density at radius 3 is 3.00 bits per heavy atom. The van der Waals surface area contributed by atoms with E-state index in [1.165, 1.54) is 11.3 Å². The van der Waals surface area contributed by atoms with Gasteiger partial charge in [0.15, 0.2) is 0 Å². The van der Waals surface area contributed by atoms with Crippen molar-refractivity contribution >= 4 is 11.3 Å². The Hall–Kier alpha value is -1.27. The molecule has 5 nitrogen and oxygen atoms in total. The molecule has 0 aliphatic rings. The second kappa shape index (κ2) is 3.23. The molecule has 0 saturated heterocycles. The van der Waals surface area contributed by atoms with E-state index in [-0.39, 0.29) is 0 Å². The molecule has 0 spiro atoms. The average molecular weight is 196 g/mol. The Morgan fingerprint density at radius 1 is 1.62 bits per heavy atom. The van der Waals surface area contributed by atoms with Gasteiger partial charge >= 0.3 is 0 Å². The van der Waals surface area contributed by atoms with Crippen LogP contribution in [0, 0.1) is 0 Å². The molecule has 68 valence electrons. The van der Waals surface area contributed by atoms with Gasteiger partial charge in [-0.3, -0.25) is 0 Å². The molecule has 0 saturated carbocycles. The van der Waals surface area contributed by atoms with Crippen LogP contribution in [0.5, 0.6) is 0 Å². The van der Waals surface area contributed by atoms with Crippen LogP contribution in [0.4, 0.5) is 0 Å². The quantitative estimate of drug-likeness (QED) is 0.750. The lowest BCUT2D eigenvalue weighted by Gasteiger charge is -1.95. The third kappa shape index (κ3) is 1.58. The Kier molecular flexibility index (Phi) is 2.07. The highest BCUT2D eigenvalue weighted by Crippen LogP contribution is 2.23. The summed E-state index contributed by atoms with van der Waals surface area (Å²) in [5.74, 6) is 0. The first kappa shape index (κ1) is 8.33. The molecule has 0 aromatic carbocycles. The van der Waals surface area contributed by atoms with Crippen LogP contribution in [0.3, 0.4) is 0 Å². The summed E-state index contributed by atoms with van der Waals surface area (Å²) in [6.45, 7) is 1.68. The van der Waals surface area contributed by atoms with Crippen LogP contribution in [0.25, 0.3) is 10.7 Å². The SMILES string of the molecule is CC(O)c1csc(-c2cn[nH]n2)n1. The smallest absolute Gasteiger partial charge is 0.145 e. The van der Waals surface area contributed by atoms with E-state index in [1.807, 2.05) is 5.38 Å². The van der Waals surface area contributed by atoms with Gasteiger partial charge in [0, 0.05) is 5.38 Å². The van der Waals surface area contributed by atoms with Gasteiger partial charge in [0.1, 0.15) is 10.7 Å². The zero-order chi connectivity index (χ0) is 9.26. The van der Waals surface area contributed by atoms with E-state index < -0.39 is 6.10 Å². The first-order chi connectivity index (χ1) is 6.27. The third-order valence-corrected chi connectivity index (χ3v) is 2.47. The Balaban J connectivity index is 2.33. The van der Waals surface area contributed by atoms with Crippen LogP contribution < -0.4 is 0 Å². The summed E-state index contributed by atoms with van der Waals surface area (Å²) in [4.78, 5) is 4.20. The molecular formula is C7H8N4OS. The van der Waals surface area contributed by atoms with Crippen molar-refractivity contribution in [3.05, 3.63) is 17.3 Å². The van der Waals surface area contributed by atoms with E-state index in [0.29, 0.717) is 11.4 Å². The largest absolute Gasteiger partial charge is 0.387 e. The fourth-order valence-corrected chi connectivity index (χ4v) is 1.76. The van der Waals surface area contributed by atoms with Crippen molar-refractivity contribution in [1.29, 1.82) is 0 Å². The highest BCUT2D eigenvalue weighted by molar-refractivity contribution is 7.13. The predicted octanol–water partition coefficient (Wildman–Crippen LogP) is 0.981. The van der Waals surface area contributed by atoms with Gasteiger partial charge in [-0.1, -0.05) is 0 Å². The second-order valence-electron chi connectivity index (χ2n) is 2.61. The van der Waals surface area contributed by atoms with E-state index in [4.69, 9.17) is 0 Å². The van der Waals surface area contributed by atoms with Gasteiger partial charge in [-0.05, 0) is 6.92 Å². The molecule has 1 unspecified atom stereocenters. The molecule has 2 N–H and O–H groups in total. The van der Waals surface area contributed by atoms with Gasteiger partial charge < -0.3 is 5.11 Å². The maximum Gasteiger partial charge on any atom is 0.145 e. The molecule has 1 atom stereocenters. The van der Waals surface area contributed by atoms with Crippen LogP contribution in [0.2, 0.25) is 0 Å². The molecule has 0 amide bonds. The normalized spacial score (nSPS) is 13.1. The van der Waals surface area contributed by atoms with Gasteiger partial charge in [-0.15, -0.1) is 11.3 Å². The summed E-state index contributed by atoms with van der Waals surface area (Å²) >= 11 is 1.44. The number of nitrogens with one attached hydrogen (secondary N) is 1. The topological polar surface area (TPSA) is 74.7 Å². The van der Waals surface area contributed by atoms with E-state index in [0.717, 1.165) is 5.01 Å². The van der Waals surface area contributed by atoms with Gasteiger partial charge in [-0.2, -0.15) is 15.4 Å². The lowest BCUT2D eigenvalue weighted by molar-refractivity contribution is 0.195. The van der Waals surface area contributed by atoms with E-state index >= 15 is 0 Å². The number of hydrogen-bond acceptors (Lipinski definition) is 5. The first-order valence-corrected chi connectivity index (χ1v) is 4.65. The number of aromatic nitrogens is 4. The number of nitrogens with zero attached hydrogens (tertiary/aromatic N) is 3. The zero-order valence-electron chi connectivity index (χ0n) is 6.93. The van der Waals surface area contributed by atoms with Crippen molar-refractivity contribution in [2.24, 2.45) is 0 Å². The fraction of sp³-hybridized carbons (Fsp3) is 0.286. The average Bonchev–Trinajstić information content (AvgIpc) is 2.75. The highest BCUT2D eigenvalue weighted by atomic mass is 32.1. The summed E-state index contributed by atoms with van der Waals surface area (Å²) in [6, 6.07) is 0. The summed E-state index contributed by atoms with van der Waals surface area (Å²) in [5, 5.41) is 21.9. The number of aromatic amines is 1. The molecule has 0 aliphatic carbocycles. The molecule has 6 heteroatoms. The van der Waals surface area contributed by atoms with Crippen molar-refractivity contribution in [1.82, 2.24) is 20.4 Å². The Morgan fingerprint density at radius 2 is 2.46 bits per heavy atom. The monoisotopic (exact) mass is 196 g/mol. The summed E-state index contributed by atoms with van der Waals surface area (Å²) in [5.41, 5.74) is 1.37. The van der Waals surface area contributed by atoms with Crippen molar-refractivity contribution in [2.75, 3.05) is 0 Å². The predicted molar refractivity (Wildman–Crippen MR) is 48.1 cm³/mol. The van der Waals surface area contributed by atoms with E-state index in [9.17, 15) is 5.11 Å². The van der Waals surface area contributed by atoms with Gasteiger partial charge in [-0.25, -0.2) is 4.98 Å². The minimum Gasteiger partial charge on any atom is -0.387 e. The maximum atomic E-state index is 9.23. The molecule has 2 aromatic heterocycles. The lowest BCUT2D eigenvalue weighted by atomic mass is 10.3. The van der Waals surface area contributed by atoms with Gasteiger partial charge in [0.25, 0.3) is 0 Å². The van der Waals surface area contributed by atoms with E-state index in [1.54, 1.807) is 13.1 Å². The van der Waals surface area contributed by atoms with Crippen molar-refractivity contribution < 1.29 is 5.11 Å². The number of thiazole rings is 1. The third-order valence-electron chi connectivity index (χ3n) is 1.58. The summed E-state index contributed by atoms with van der Waals surface area (Å²) < 4.78 is 0. The standard InChI is InChI=1S/C7H8N4OS/c1-4(12)6-3-13-7(9-6)5-2-8-11-10-5/h2-4,12H,1H3,(H,8,10,11). The van der Waals surface area contributed by atoms with Crippen LogP contribution in [-0.4, -0.2) is 25.5 Å². The van der Waals surface area contributed by atoms with Gasteiger partial charge in [0.2, 0.25) is 0 Å². The second-order valence-corrected chi connectivity index (χ2v) is 3.47. The maximum absolute atomic E-state index is 9.23. The highest BCUT2D eigenvalue weighted by Gasteiger charge is 2.09. The number of hydrogen-bond donors (Lipinski definition) is 2. The van der Waals surface area contributed by atoms with Gasteiger partial charge in [0.05, 0.1) is 18.0 Å². The number of rotatable bonds is 2. The number of aliphatic hydroxyl groups is 1. The van der Waals surface area contributed by atoms with Crippen LogP contribution in [0.15, 0.2) is 11.6 Å². The lowest BCUT2D eigenvalue weighted by Crippen LogP contribution is -1.90. The molecule has 0 radical (unpaired) electrons. The Bertz CT molecular complexity index is 381. The molecular weight excluding hydrogens is 188 g/mol. The van der Waals surface area contributed by atoms with Crippen LogP contribution in [-0.2, 0) is 0 Å². The van der Waals surface area contributed by atoms with Crippen LogP contribution >= 0.6 is 11.3 Å². The van der Waals surface area contributed by atoms with Crippen LogP contribution in [0.1, 0.15) is 18.7 Å². The van der Waals surface area contributed by atoms with E-state index in [2.05, 4.69) is 20.4 Å². The fourth-order valence-electron chi connectivity index (χ4n) is 0.900. The van der Waals surface area contributed by atoms with Crippen molar-refractivity contribution in [2.45, 2.75) is 13.0 Å². The molecule has 2 heterocycles. The molecule has 2 rings (SSSR count). The molecule has 0 aliphatic heterocycles. The van der Waals surface area contributed by atoms with Crippen molar-refractivity contribution in [3.63, 3.8) is 0 Å². The molecule has 13 heavy (non-hydrogen) atoms. The summed E-state index contributed by atoms with van der Waals surface area (Å²) in [6.07, 6.45) is 1.07. The molecule has 0 bridgehead atoms. The molecule has 2 aromatic rings. The Labute approximate surface area is 78.5 Å². The minimum atomic E-state index is -0.531.